The van der Waals surface area contributed by atoms with Gasteiger partial charge in [-0.1, -0.05) is 0 Å². The number of halogens is 3. The van der Waals surface area contributed by atoms with E-state index in [-0.39, 0.29) is 24.9 Å². The summed E-state index contributed by atoms with van der Waals surface area (Å²) < 4.78 is 47.0. The van der Waals surface area contributed by atoms with Crippen molar-refractivity contribution in [3.8, 4) is 0 Å². The summed E-state index contributed by atoms with van der Waals surface area (Å²) in [6, 6.07) is 1.89. The lowest BCUT2D eigenvalue weighted by atomic mass is 9.72. The summed E-state index contributed by atoms with van der Waals surface area (Å²) in [5, 5.41) is 4.22. The van der Waals surface area contributed by atoms with Gasteiger partial charge in [-0.05, 0) is 26.7 Å². The van der Waals surface area contributed by atoms with Crippen molar-refractivity contribution in [2.75, 3.05) is 24.6 Å². The Kier molecular flexibility index (Phi) is 5.07. The third-order valence-electron chi connectivity index (χ3n) is 6.55. The molecular formula is C22H25F3N6O. The number of rotatable bonds is 3. The Morgan fingerprint density at radius 2 is 1.84 bits per heavy atom. The Bertz CT molecular complexity index is 1150. The minimum Gasteiger partial charge on any atom is -0.370 e. The molecule has 1 saturated carbocycles. The molecule has 5 rings (SSSR count). The Hall–Kier alpha value is -2.75. The van der Waals surface area contributed by atoms with Crippen LogP contribution in [0.2, 0.25) is 0 Å². The molecule has 1 saturated heterocycles. The number of aryl methyl sites for hydroxylation is 3. The highest BCUT2D eigenvalue weighted by molar-refractivity contribution is 5.80. The minimum absolute atomic E-state index is 0.0467. The van der Waals surface area contributed by atoms with Gasteiger partial charge in [0.1, 0.15) is 17.4 Å². The second-order valence-corrected chi connectivity index (χ2v) is 8.79. The Balaban J connectivity index is 1.50. The lowest BCUT2D eigenvalue weighted by Gasteiger charge is -2.37. The molecule has 3 aromatic heterocycles. The fraction of sp³-hybridized carbons (Fsp3) is 0.545. The quantitative estimate of drug-likeness (QED) is 0.606. The van der Waals surface area contributed by atoms with Gasteiger partial charge in [0, 0.05) is 43.9 Å². The highest BCUT2D eigenvalue weighted by atomic mass is 19.4. The molecule has 0 amide bonds. The van der Waals surface area contributed by atoms with Crippen molar-refractivity contribution in [3.05, 3.63) is 41.1 Å². The van der Waals surface area contributed by atoms with E-state index in [1.165, 1.54) is 0 Å². The molecule has 0 N–H and O–H groups in total. The maximum atomic E-state index is 13.1. The first-order valence-electron chi connectivity index (χ1n) is 10.8. The Labute approximate surface area is 183 Å². The van der Waals surface area contributed by atoms with Crippen molar-refractivity contribution in [1.82, 2.24) is 24.7 Å². The first-order valence-corrected chi connectivity index (χ1v) is 10.8. The molecule has 0 spiro atoms. The molecule has 1 aliphatic carbocycles. The van der Waals surface area contributed by atoms with Crippen LogP contribution in [0.4, 0.5) is 19.0 Å². The first-order chi connectivity index (χ1) is 15.2. The minimum atomic E-state index is -4.16. The summed E-state index contributed by atoms with van der Waals surface area (Å²) >= 11 is 0. The fourth-order valence-corrected chi connectivity index (χ4v) is 4.46. The molecular weight excluding hydrogens is 421 g/mol. The smallest absolute Gasteiger partial charge is 0.370 e. The zero-order valence-electron chi connectivity index (χ0n) is 18.2. The summed E-state index contributed by atoms with van der Waals surface area (Å²) in [6.45, 7) is 5.49. The van der Waals surface area contributed by atoms with Crippen molar-refractivity contribution in [3.63, 3.8) is 0 Å². The summed E-state index contributed by atoms with van der Waals surface area (Å²) in [5.41, 5.74) is 4.46. The van der Waals surface area contributed by atoms with Crippen molar-refractivity contribution < 1.29 is 17.9 Å². The zero-order valence-corrected chi connectivity index (χ0v) is 18.2. The number of nitrogens with zero attached hydrogens (tertiary/aromatic N) is 6. The lowest BCUT2D eigenvalue weighted by molar-refractivity contribution is -0.197. The number of hydrogen-bond donors (Lipinski definition) is 0. The van der Waals surface area contributed by atoms with E-state index in [1.807, 2.05) is 33.2 Å². The first kappa shape index (κ1) is 21.1. The number of morpholine rings is 1. The lowest BCUT2D eigenvalue weighted by Crippen LogP contribution is -2.39. The van der Waals surface area contributed by atoms with Gasteiger partial charge in [0.15, 0.2) is 0 Å². The highest BCUT2D eigenvalue weighted by Crippen LogP contribution is 2.50. The van der Waals surface area contributed by atoms with E-state index in [0.717, 1.165) is 17.0 Å². The zero-order chi connectivity index (χ0) is 22.6. The molecule has 0 radical (unpaired) electrons. The molecule has 7 nitrogen and oxygen atoms in total. The van der Waals surface area contributed by atoms with Gasteiger partial charge in [-0.3, -0.25) is 4.68 Å². The van der Waals surface area contributed by atoms with Crippen LogP contribution in [0, 0.1) is 19.8 Å². The molecule has 2 fully saturated rings. The summed E-state index contributed by atoms with van der Waals surface area (Å²) in [7, 11) is 1.86. The maximum absolute atomic E-state index is 13.1. The molecule has 2 aliphatic rings. The average Bonchev–Trinajstić information content (AvgIpc) is 3.13. The largest absolute Gasteiger partial charge is 0.391 e. The number of pyridine rings is 1. The standard InChI is InChI=1S/C22H25F3N6O/c1-12-13(2)28-21-17(27-12)8-19(29-20(21)14-6-16(7-14)22(23,24)25)31-4-5-32-18(11-31)15-9-26-30(3)10-15/h8-10,14,16,18H,4-7,11H2,1-3H3/t14?,16?,18-/m0/s1. The van der Waals surface area contributed by atoms with Crippen LogP contribution in [0.25, 0.3) is 11.0 Å². The molecule has 0 unspecified atom stereocenters. The van der Waals surface area contributed by atoms with Crippen LogP contribution in [0.15, 0.2) is 18.5 Å². The topological polar surface area (TPSA) is 69.0 Å². The van der Waals surface area contributed by atoms with Gasteiger partial charge in [-0.2, -0.15) is 18.3 Å². The molecule has 1 aliphatic heterocycles. The average molecular weight is 446 g/mol. The third kappa shape index (κ3) is 3.80. The number of aromatic nitrogens is 5. The molecule has 0 bridgehead atoms. The van der Waals surface area contributed by atoms with Gasteiger partial charge in [0.05, 0.1) is 41.3 Å². The summed E-state index contributed by atoms with van der Waals surface area (Å²) in [6.07, 6.45) is -0.505. The monoisotopic (exact) mass is 446 g/mol. The predicted molar refractivity (Wildman–Crippen MR) is 112 cm³/mol. The fourth-order valence-electron chi connectivity index (χ4n) is 4.46. The SMILES string of the molecule is Cc1nc2cc(N3CCO[C@H](c4cnn(C)c4)C3)nc(C3CC(C(F)(F)F)C3)c2nc1C. The van der Waals surface area contributed by atoms with E-state index in [4.69, 9.17) is 9.72 Å². The molecule has 3 aromatic rings. The van der Waals surface area contributed by atoms with E-state index in [0.29, 0.717) is 42.2 Å². The van der Waals surface area contributed by atoms with Gasteiger partial charge in [0.2, 0.25) is 0 Å². The highest BCUT2D eigenvalue weighted by Gasteiger charge is 2.49. The van der Waals surface area contributed by atoms with Gasteiger partial charge < -0.3 is 9.64 Å². The Morgan fingerprint density at radius 1 is 1.09 bits per heavy atom. The van der Waals surface area contributed by atoms with Crippen LogP contribution in [-0.2, 0) is 11.8 Å². The Morgan fingerprint density at radius 3 is 2.53 bits per heavy atom. The third-order valence-corrected chi connectivity index (χ3v) is 6.55. The van der Waals surface area contributed by atoms with Crippen LogP contribution in [0.3, 0.4) is 0 Å². The van der Waals surface area contributed by atoms with Crippen LogP contribution < -0.4 is 4.90 Å². The van der Waals surface area contributed by atoms with Gasteiger partial charge in [-0.15, -0.1) is 0 Å². The summed E-state index contributed by atoms with van der Waals surface area (Å²) in [5.74, 6) is -0.834. The van der Waals surface area contributed by atoms with Crippen molar-refractivity contribution >= 4 is 16.9 Å². The molecule has 0 aromatic carbocycles. The van der Waals surface area contributed by atoms with E-state index in [2.05, 4.69) is 20.0 Å². The molecule has 4 heterocycles. The van der Waals surface area contributed by atoms with E-state index in [1.54, 1.807) is 10.9 Å². The number of ether oxygens (including phenoxy) is 1. The van der Waals surface area contributed by atoms with E-state index < -0.39 is 12.1 Å². The molecule has 170 valence electrons. The van der Waals surface area contributed by atoms with Crippen LogP contribution >= 0.6 is 0 Å². The second-order valence-electron chi connectivity index (χ2n) is 8.79. The second kappa shape index (κ2) is 7.68. The van der Waals surface area contributed by atoms with Gasteiger partial charge >= 0.3 is 6.18 Å². The van der Waals surface area contributed by atoms with Gasteiger partial charge in [0.25, 0.3) is 0 Å². The van der Waals surface area contributed by atoms with Crippen molar-refractivity contribution in [2.24, 2.45) is 13.0 Å². The molecule has 32 heavy (non-hydrogen) atoms. The maximum Gasteiger partial charge on any atom is 0.391 e. The molecule has 10 heteroatoms. The van der Waals surface area contributed by atoms with Gasteiger partial charge in [-0.25, -0.2) is 15.0 Å². The number of fused-ring (bicyclic) bond motifs is 1. The normalized spacial score (nSPS) is 24.1. The van der Waals surface area contributed by atoms with Crippen molar-refractivity contribution in [1.29, 1.82) is 0 Å². The van der Waals surface area contributed by atoms with Crippen LogP contribution in [0.1, 0.15) is 47.5 Å². The van der Waals surface area contributed by atoms with E-state index in [9.17, 15) is 13.2 Å². The van der Waals surface area contributed by atoms with Crippen LogP contribution in [-0.4, -0.2) is 50.6 Å². The number of alkyl halides is 3. The number of hydrogen-bond acceptors (Lipinski definition) is 6. The van der Waals surface area contributed by atoms with Crippen LogP contribution in [0.5, 0.6) is 0 Å². The summed E-state index contributed by atoms with van der Waals surface area (Å²) in [4.78, 5) is 16.3. The van der Waals surface area contributed by atoms with E-state index >= 15 is 0 Å². The van der Waals surface area contributed by atoms with Crippen molar-refractivity contribution in [2.45, 2.75) is 44.9 Å². The predicted octanol–water partition coefficient (Wildman–Crippen LogP) is 4.01. The molecule has 1 atom stereocenters. The number of anilines is 1.